The van der Waals surface area contributed by atoms with Crippen LogP contribution in [0.3, 0.4) is 0 Å². The summed E-state index contributed by atoms with van der Waals surface area (Å²) in [6, 6.07) is 6.22. The Morgan fingerprint density at radius 1 is 1.40 bits per heavy atom. The summed E-state index contributed by atoms with van der Waals surface area (Å²) in [5.41, 5.74) is 2.41. The Morgan fingerprint density at radius 2 is 2.20 bits per heavy atom. The molecule has 3 heteroatoms. The van der Waals surface area contributed by atoms with Gasteiger partial charge in [0.05, 0.1) is 6.54 Å². The average molecular weight is 217 g/mol. The largest absolute Gasteiger partial charge is 0.235 e. The van der Waals surface area contributed by atoms with Crippen LogP contribution >= 0.6 is 11.3 Å². The highest BCUT2D eigenvalue weighted by molar-refractivity contribution is 7.19. The van der Waals surface area contributed by atoms with Gasteiger partial charge in [0, 0.05) is 9.58 Å². The number of benzene rings is 1. The second-order valence-electron chi connectivity index (χ2n) is 3.52. The molecule has 0 unspecified atom stereocenters. The molecule has 0 atom stereocenters. The van der Waals surface area contributed by atoms with Crippen LogP contribution in [0.4, 0.5) is 0 Å². The van der Waals surface area contributed by atoms with Gasteiger partial charge >= 0.3 is 0 Å². The highest BCUT2D eigenvalue weighted by atomic mass is 32.1. The Labute approximate surface area is 92.3 Å². The number of carbonyl (C=O) groups excluding carboxylic acids is 1. The molecule has 0 saturated carbocycles. The van der Waals surface area contributed by atoms with E-state index in [9.17, 15) is 4.79 Å². The van der Waals surface area contributed by atoms with Crippen LogP contribution in [0.15, 0.2) is 23.2 Å². The smallest absolute Gasteiger partial charge is 0.211 e. The first kappa shape index (κ1) is 10.1. The fourth-order valence-electron chi connectivity index (χ4n) is 1.61. The molecular formula is C12H11NOS. The van der Waals surface area contributed by atoms with E-state index in [0.29, 0.717) is 6.54 Å². The highest BCUT2D eigenvalue weighted by Gasteiger charge is 2.04. The van der Waals surface area contributed by atoms with Crippen molar-refractivity contribution in [3.63, 3.8) is 0 Å². The van der Waals surface area contributed by atoms with E-state index in [1.807, 2.05) is 6.07 Å². The Balaban J connectivity index is 2.51. The number of isocyanates is 1. The van der Waals surface area contributed by atoms with Gasteiger partial charge in [-0.15, -0.1) is 11.3 Å². The predicted octanol–water partition coefficient (Wildman–Crippen LogP) is 3.35. The molecule has 0 radical (unpaired) electrons. The van der Waals surface area contributed by atoms with E-state index in [0.717, 1.165) is 5.56 Å². The molecule has 1 heterocycles. The van der Waals surface area contributed by atoms with E-state index in [1.54, 1.807) is 17.4 Å². The SMILES string of the molecule is Cc1sc2cc(CN=C=O)ccc2c1C. The second-order valence-corrected chi connectivity index (χ2v) is 4.78. The van der Waals surface area contributed by atoms with Gasteiger partial charge in [0.25, 0.3) is 0 Å². The minimum atomic E-state index is 0.426. The summed E-state index contributed by atoms with van der Waals surface area (Å²) in [5.74, 6) is 0. The fraction of sp³-hybridized carbons (Fsp3) is 0.250. The van der Waals surface area contributed by atoms with Crippen LogP contribution in [-0.4, -0.2) is 6.08 Å². The maximum absolute atomic E-state index is 10.0. The number of rotatable bonds is 2. The third kappa shape index (κ3) is 1.84. The molecule has 76 valence electrons. The summed E-state index contributed by atoms with van der Waals surface area (Å²) in [7, 11) is 0. The second kappa shape index (κ2) is 3.97. The zero-order chi connectivity index (χ0) is 10.8. The van der Waals surface area contributed by atoms with Crippen LogP contribution in [0.2, 0.25) is 0 Å². The molecule has 0 fully saturated rings. The number of aliphatic imine (C=N–C) groups is 1. The predicted molar refractivity (Wildman–Crippen MR) is 63.1 cm³/mol. The summed E-state index contributed by atoms with van der Waals surface area (Å²) in [6.45, 7) is 4.69. The molecular weight excluding hydrogens is 206 g/mol. The first-order valence-electron chi connectivity index (χ1n) is 4.74. The third-order valence-electron chi connectivity index (χ3n) is 2.57. The zero-order valence-corrected chi connectivity index (χ0v) is 9.52. The zero-order valence-electron chi connectivity index (χ0n) is 8.70. The van der Waals surface area contributed by atoms with Gasteiger partial charge in [0.1, 0.15) is 0 Å². The summed E-state index contributed by atoms with van der Waals surface area (Å²) in [4.78, 5) is 14.9. The Morgan fingerprint density at radius 3 is 2.93 bits per heavy atom. The standard InChI is InChI=1S/C12H11NOS/c1-8-9(2)15-12-5-10(6-13-7-14)3-4-11(8)12/h3-5H,6H2,1-2H3. The quantitative estimate of drug-likeness (QED) is 0.560. The molecule has 1 aromatic carbocycles. The van der Waals surface area contributed by atoms with E-state index < -0.39 is 0 Å². The van der Waals surface area contributed by atoms with E-state index in [4.69, 9.17) is 0 Å². The molecule has 0 aliphatic carbocycles. The van der Waals surface area contributed by atoms with Crippen molar-refractivity contribution in [1.29, 1.82) is 0 Å². The van der Waals surface area contributed by atoms with Gasteiger partial charge in [-0.05, 0) is 36.4 Å². The fourth-order valence-corrected chi connectivity index (χ4v) is 2.75. The molecule has 0 spiro atoms. The molecule has 1 aromatic heterocycles. The lowest BCUT2D eigenvalue weighted by atomic mass is 10.1. The summed E-state index contributed by atoms with van der Waals surface area (Å²) in [5, 5.41) is 1.30. The number of aryl methyl sites for hydroxylation is 2. The maximum Gasteiger partial charge on any atom is 0.235 e. The normalized spacial score (nSPS) is 10.3. The van der Waals surface area contributed by atoms with Crippen LogP contribution in [0.5, 0.6) is 0 Å². The van der Waals surface area contributed by atoms with E-state index >= 15 is 0 Å². The molecule has 2 aromatic rings. The van der Waals surface area contributed by atoms with Gasteiger partial charge in [0.15, 0.2) is 0 Å². The van der Waals surface area contributed by atoms with Gasteiger partial charge in [0.2, 0.25) is 6.08 Å². The average Bonchev–Trinajstić information content (AvgIpc) is 2.52. The van der Waals surface area contributed by atoms with Crippen molar-refractivity contribution in [2.75, 3.05) is 0 Å². The van der Waals surface area contributed by atoms with Gasteiger partial charge in [-0.1, -0.05) is 12.1 Å². The monoisotopic (exact) mass is 217 g/mol. The first-order chi connectivity index (χ1) is 7.22. The molecule has 15 heavy (non-hydrogen) atoms. The Bertz CT molecular complexity index is 550. The molecule has 0 amide bonds. The Kier molecular flexibility index (Phi) is 2.67. The number of nitrogens with zero attached hydrogens (tertiary/aromatic N) is 1. The van der Waals surface area contributed by atoms with Crippen molar-refractivity contribution in [2.45, 2.75) is 20.4 Å². The molecule has 0 N–H and O–H groups in total. The molecule has 0 aliphatic rings. The molecule has 0 bridgehead atoms. The van der Waals surface area contributed by atoms with Crippen LogP contribution < -0.4 is 0 Å². The van der Waals surface area contributed by atoms with Crippen molar-refractivity contribution >= 4 is 27.5 Å². The van der Waals surface area contributed by atoms with Crippen molar-refractivity contribution in [3.05, 3.63) is 34.2 Å². The number of thiophene rings is 1. The lowest BCUT2D eigenvalue weighted by Crippen LogP contribution is -1.79. The topological polar surface area (TPSA) is 29.4 Å². The van der Waals surface area contributed by atoms with E-state index in [-0.39, 0.29) is 0 Å². The molecule has 2 rings (SSSR count). The minimum absolute atomic E-state index is 0.426. The van der Waals surface area contributed by atoms with E-state index in [1.165, 1.54) is 20.5 Å². The first-order valence-corrected chi connectivity index (χ1v) is 5.56. The van der Waals surface area contributed by atoms with Gasteiger partial charge in [-0.2, -0.15) is 0 Å². The molecule has 2 nitrogen and oxygen atoms in total. The lowest BCUT2D eigenvalue weighted by Gasteiger charge is -1.96. The van der Waals surface area contributed by atoms with Gasteiger partial charge in [-0.3, -0.25) is 0 Å². The molecule has 0 saturated heterocycles. The highest BCUT2D eigenvalue weighted by Crippen LogP contribution is 2.30. The lowest BCUT2D eigenvalue weighted by molar-refractivity contribution is 0.563. The summed E-state index contributed by atoms with van der Waals surface area (Å²) >= 11 is 1.79. The van der Waals surface area contributed by atoms with Crippen molar-refractivity contribution in [1.82, 2.24) is 0 Å². The molecule has 0 aliphatic heterocycles. The minimum Gasteiger partial charge on any atom is -0.211 e. The van der Waals surface area contributed by atoms with Crippen LogP contribution in [0.1, 0.15) is 16.0 Å². The van der Waals surface area contributed by atoms with Crippen molar-refractivity contribution in [3.8, 4) is 0 Å². The number of hydrogen-bond acceptors (Lipinski definition) is 3. The van der Waals surface area contributed by atoms with Gasteiger partial charge in [-0.25, -0.2) is 9.79 Å². The van der Waals surface area contributed by atoms with Crippen molar-refractivity contribution < 1.29 is 4.79 Å². The number of hydrogen-bond donors (Lipinski definition) is 0. The third-order valence-corrected chi connectivity index (χ3v) is 3.74. The van der Waals surface area contributed by atoms with Crippen LogP contribution in [-0.2, 0) is 11.3 Å². The van der Waals surface area contributed by atoms with E-state index in [2.05, 4.69) is 31.0 Å². The maximum atomic E-state index is 10.0. The summed E-state index contributed by atoms with van der Waals surface area (Å²) in [6.07, 6.45) is 1.56. The summed E-state index contributed by atoms with van der Waals surface area (Å²) < 4.78 is 1.27. The van der Waals surface area contributed by atoms with Crippen LogP contribution in [0.25, 0.3) is 10.1 Å². The van der Waals surface area contributed by atoms with Crippen LogP contribution in [0, 0.1) is 13.8 Å². The Hall–Kier alpha value is -1.44. The van der Waals surface area contributed by atoms with Crippen molar-refractivity contribution in [2.24, 2.45) is 4.99 Å². The van der Waals surface area contributed by atoms with Gasteiger partial charge < -0.3 is 0 Å². The number of fused-ring (bicyclic) bond motifs is 1.